The standard InChI is InChI=1S/C31H37N3O2/c1-2-26(23-13-5-3-6-14-23)33-29(35)25-21-28(34-20-12-9-17-27(25)34)30(36)32-22-31(18-10-11-19-31)24-15-7-4-8-16-24/h3-8,13-16,21,26H,2,9-12,17-20,22H2,1H3,(H,32,36)(H,33,35). The molecule has 2 aromatic carbocycles. The van der Waals surface area contributed by atoms with Crippen LogP contribution in [0.2, 0.25) is 0 Å². The minimum atomic E-state index is -0.0908. The minimum Gasteiger partial charge on any atom is -0.350 e. The van der Waals surface area contributed by atoms with Crippen LogP contribution in [0.1, 0.15) is 95.6 Å². The number of amides is 2. The van der Waals surface area contributed by atoms with Gasteiger partial charge in [-0.05, 0) is 55.7 Å². The van der Waals surface area contributed by atoms with Crippen molar-refractivity contribution in [3.8, 4) is 0 Å². The first-order valence-electron chi connectivity index (χ1n) is 13.5. The lowest BCUT2D eigenvalue weighted by molar-refractivity contribution is 0.0927. The molecule has 5 nitrogen and oxygen atoms in total. The number of hydrogen-bond donors (Lipinski definition) is 2. The SMILES string of the molecule is CCC(NC(=O)c1cc(C(=O)NCC2(c3ccccc3)CCCC2)n2c1CCCC2)c1ccccc1. The predicted octanol–water partition coefficient (Wildman–Crippen LogP) is 5.95. The molecule has 0 saturated heterocycles. The third-order valence-electron chi connectivity index (χ3n) is 8.18. The normalized spacial score (nSPS) is 17.2. The Morgan fingerprint density at radius 1 is 0.917 bits per heavy atom. The average molecular weight is 484 g/mol. The molecule has 1 aliphatic carbocycles. The summed E-state index contributed by atoms with van der Waals surface area (Å²) in [6.07, 6.45) is 8.26. The van der Waals surface area contributed by atoms with Crippen molar-refractivity contribution in [2.24, 2.45) is 0 Å². The van der Waals surface area contributed by atoms with Crippen molar-refractivity contribution in [3.63, 3.8) is 0 Å². The van der Waals surface area contributed by atoms with E-state index in [9.17, 15) is 9.59 Å². The number of carbonyl (C=O) groups excluding carboxylic acids is 2. The van der Waals surface area contributed by atoms with Crippen molar-refractivity contribution < 1.29 is 9.59 Å². The highest BCUT2D eigenvalue weighted by atomic mass is 16.2. The summed E-state index contributed by atoms with van der Waals surface area (Å²) in [6, 6.07) is 22.5. The summed E-state index contributed by atoms with van der Waals surface area (Å²) in [5.74, 6) is -0.165. The molecule has 2 N–H and O–H groups in total. The second-order valence-electron chi connectivity index (χ2n) is 10.4. The largest absolute Gasteiger partial charge is 0.350 e. The topological polar surface area (TPSA) is 63.1 Å². The summed E-state index contributed by atoms with van der Waals surface area (Å²) >= 11 is 0. The van der Waals surface area contributed by atoms with Gasteiger partial charge >= 0.3 is 0 Å². The Bertz CT molecular complexity index is 1190. The van der Waals surface area contributed by atoms with Crippen LogP contribution in [0.25, 0.3) is 0 Å². The van der Waals surface area contributed by atoms with Gasteiger partial charge in [0.15, 0.2) is 0 Å². The van der Waals surface area contributed by atoms with Crippen LogP contribution in [-0.2, 0) is 18.4 Å². The maximum absolute atomic E-state index is 13.5. The Balaban J connectivity index is 1.36. The molecule has 188 valence electrons. The number of nitrogens with one attached hydrogen (secondary N) is 2. The molecule has 1 atom stereocenters. The van der Waals surface area contributed by atoms with E-state index in [0.29, 0.717) is 17.8 Å². The zero-order valence-corrected chi connectivity index (χ0v) is 21.3. The van der Waals surface area contributed by atoms with Gasteiger partial charge in [-0.1, -0.05) is 80.4 Å². The highest BCUT2D eigenvalue weighted by Crippen LogP contribution is 2.40. The van der Waals surface area contributed by atoms with Crippen LogP contribution < -0.4 is 10.6 Å². The fraction of sp³-hybridized carbons (Fsp3) is 0.419. The third-order valence-corrected chi connectivity index (χ3v) is 8.18. The van der Waals surface area contributed by atoms with Gasteiger partial charge in [-0.2, -0.15) is 0 Å². The van der Waals surface area contributed by atoms with Crippen LogP contribution in [-0.4, -0.2) is 22.9 Å². The molecule has 0 bridgehead atoms. The number of carbonyl (C=O) groups is 2. The van der Waals surface area contributed by atoms with Gasteiger partial charge in [-0.25, -0.2) is 0 Å². The summed E-state index contributed by atoms with van der Waals surface area (Å²) in [4.78, 5) is 27.0. The number of aromatic nitrogens is 1. The molecule has 1 aromatic heterocycles. The molecule has 2 heterocycles. The van der Waals surface area contributed by atoms with Crippen LogP contribution >= 0.6 is 0 Å². The van der Waals surface area contributed by atoms with E-state index in [4.69, 9.17) is 0 Å². The van der Waals surface area contributed by atoms with Crippen LogP contribution in [0.4, 0.5) is 0 Å². The highest BCUT2D eigenvalue weighted by Gasteiger charge is 2.36. The lowest BCUT2D eigenvalue weighted by Gasteiger charge is -2.30. The Labute approximate surface area is 214 Å². The lowest BCUT2D eigenvalue weighted by Crippen LogP contribution is -2.39. The van der Waals surface area contributed by atoms with Gasteiger partial charge in [0.1, 0.15) is 5.69 Å². The smallest absolute Gasteiger partial charge is 0.267 e. The van der Waals surface area contributed by atoms with E-state index in [2.05, 4.69) is 46.4 Å². The molecule has 1 saturated carbocycles. The number of hydrogen-bond acceptors (Lipinski definition) is 2. The summed E-state index contributed by atoms with van der Waals surface area (Å²) < 4.78 is 2.08. The molecular formula is C31H37N3O2. The molecule has 2 aliphatic rings. The van der Waals surface area contributed by atoms with E-state index in [1.165, 1.54) is 18.4 Å². The molecule has 5 heteroatoms. The van der Waals surface area contributed by atoms with Crippen LogP contribution in [0.5, 0.6) is 0 Å². The van der Waals surface area contributed by atoms with Gasteiger partial charge in [0, 0.05) is 24.2 Å². The minimum absolute atomic E-state index is 0.00151. The number of benzene rings is 2. The quantitative estimate of drug-likeness (QED) is 0.416. The van der Waals surface area contributed by atoms with E-state index in [-0.39, 0.29) is 23.3 Å². The summed E-state index contributed by atoms with van der Waals surface area (Å²) in [5.41, 5.74) is 4.66. The molecular weight excluding hydrogens is 446 g/mol. The average Bonchev–Trinajstić information content (AvgIpc) is 3.57. The van der Waals surface area contributed by atoms with Gasteiger partial charge in [-0.15, -0.1) is 0 Å². The zero-order chi connectivity index (χ0) is 25.0. The van der Waals surface area contributed by atoms with Crippen molar-refractivity contribution in [1.82, 2.24) is 15.2 Å². The fourth-order valence-electron chi connectivity index (χ4n) is 6.15. The van der Waals surface area contributed by atoms with Gasteiger partial charge in [0.2, 0.25) is 0 Å². The zero-order valence-electron chi connectivity index (χ0n) is 21.3. The van der Waals surface area contributed by atoms with Crippen LogP contribution in [0.15, 0.2) is 66.7 Å². The summed E-state index contributed by atoms with van der Waals surface area (Å²) in [7, 11) is 0. The van der Waals surface area contributed by atoms with Crippen molar-refractivity contribution in [2.45, 2.75) is 76.3 Å². The van der Waals surface area contributed by atoms with Gasteiger partial charge < -0.3 is 15.2 Å². The Morgan fingerprint density at radius 2 is 1.61 bits per heavy atom. The molecule has 1 unspecified atom stereocenters. The van der Waals surface area contributed by atoms with Gasteiger partial charge in [-0.3, -0.25) is 9.59 Å². The Morgan fingerprint density at radius 3 is 2.31 bits per heavy atom. The molecule has 0 radical (unpaired) electrons. The van der Waals surface area contributed by atoms with E-state index in [1.807, 2.05) is 42.5 Å². The Kier molecular flexibility index (Phi) is 7.26. The van der Waals surface area contributed by atoms with E-state index in [1.54, 1.807) is 0 Å². The maximum Gasteiger partial charge on any atom is 0.267 e. The first kappa shape index (κ1) is 24.4. The molecule has 0 spiro atoms. The predicted molar refractivity (Wildman–Crippen MR) is 143 cm³/mol. The fourth-order valence-corrected chi connectivity index (χ4v) is 6.15. The van der Waals surface area contributed by atoms with E-state index >= 15 is 0 Å². The molecule has 3 aromatic rings. The number of rotatable bonds is 8. The second kappa shape index (κ2) is 10.7. The number of fused-ring (bicyclic) bond motifs is 1. The van der Waals surface area contributed by atoms with Crippen LogP contribution in [0.3, 0.4) is 0 Å². The maximum atomic E-state index is 13.5. The first-order valence-corrected chi connectivity index (χ1v) is 13.5. The summed E-state index contributed by atoms with van der Waals surface area (Å²) in [6.45, 7) is 3.49. The highest BCUT2D eigenvalue weighted by molar-refractivity contribution is 6.01. The van der Waals surface area contributed by atoms with Crippen molar-refractivity contribution >= 4 is 11.8 Å². The monoisotopic (exact) mass is 483 g/mol. The summed E-state index contributed by atoms with van der Waals surface area (Å²) in [5, 5.41) is 6.49. The van der Waals surface area contributed by atoms with Crippen LogP contribution in [0, 0.1) is 0 Å². The lowest BCUT2D eigenvalue weighted by atomic mass is 9.79. The molecule has 1 aliphatic heterocycles. The molecule has 2 amide bonds. The van der Waals surface area contributed by atoms with Crippen molar-refractivity contribution in [2.75, 3.05) is 6.54 Å². The van der Waals surface area contributed by atoms with Gasteiger partial charge in [0.25, 0.3) is 11.8 Å². The first-order chi connectivity index (χ1) is 17.6. The van der Waals surface area contributed by atoms with Gasteiger partial charge in [0.05, 0.1) is 11.6 Å². The van der Waals surface area contributed by atoms with E-state index in [0.717, 1.165) is 56.3 Å². The Hall–Kier alpha value is -3.34. The second-order valence-corrected chi connectivity index (χ2v) is 10.4. The molecule has 36 heavy (non-hydrogen) atoms. The molecule has 1 fully saturated rings. The molecule has 5 rings (SSSR count). The van der Waals surface area contributed by atoms with Crippen molar-refractivity contribution in [3.05, 3.63) is 94.8 Å². The van der Waals surface area contributed by atoms with Crippen molar-refractivity contribution in [1.29, 1.82) is 0 Å². The third kappa shape index (κ3) is 4.84. The van der Waals surface area contributed by atoms with E-state index < -0.39 is 0 Å². The number of nitrogens with zero attached hydrogens (tertiary/aromatic N) is 1.